The standard InChI is InChI=1S/C17H24N2O7S/c1-12(10-25-2)18-16(20)11-26-15-6-5-13(9-14(15)17(21)22)27(23,24)19-7-3-4-8-19/h5-6,9,12H,3-4,7-8,10-11H2,1-2H3,(H,18,20)(H,21,22)/t12-/m0/s1. The Morgan fingerprint density at radius 2 is 1.96 bits per heavy atom. The minimum absolute atomic E-state index is 0.0718. The Balaban J connectivity index is 2.14. The maximum atomic E-state index is 12.6. The third-order valence-electron chi connectivity index (χ3n) is 4.07. The molecule has 1 aromatic carbocycles. The van der Waals surface area contributed by atoms with Crippen LogP contribution >= 0.6 is 0 Å². The van der Waals surface area contributed by atoms with Gasteiger partial charge in [-0.2, -0.15) is 4.31 Å². The number of nitrogens with zero attached hydrogens (tertiary/aromatic N) is 1. The van der Waals surface area contributed by atoms with Gasteiger partial charge >= 0.3 is 5.97 Å². The molecule has 27 heavy (non-hydrogen) atoms. The normalized spacial score (nSPS) is 16.1. The molecular weight excluding hydrogens is 376 g/mol. The molecule has 1 aromatic rings. The van der Waals surface area contributed by atoms with Crippen molar-refractivity contribution in [2.24, 2.45) is 0 Å². The molecule has 0 radical (unpaired) electrons. The Hall–Kier alpha value is -2.17. The quantitative estimate of drug-likeness (QED) is 0.625. The topological polar surface area (TPSA) is 122 Å². The fraction of sp³-hybridized carbons (Fsp3) is 0.529. The van der Waals surface area contributed by atoms with Crippen molar-refractivity contribution in [3.05, 3.63) is 23.8 Å². The fourth-order valence-electron chi connectivity index (χ4n) is 2.79. The maximum Gasteiger partial charge on any atom is 0.339 e. The van der Waals surface area contributed by atoms with Gasteiger partial charge in [0.15, 0.2) is 6.61 Å². The van der Waals surface area contributed by atoms with Crippen molar-refractivity contribution in [1.29, 1.82) is 0 Å². The number of hydrogen-bond acceptors (Lipinski definition) is 6. The molecule has 2 rings (SSSR count). The summed E-state index contributed by atoms with van der Waals surface area (Å²) in [5.74, 6) is -1.85. The first kappa shape index (κ1) is 21.1. The average Bonchev–Trinajstić information content (AvgIpc) is 3.15. The van der Waals surface area contributed by atoms with Crippen molar-refractivity contribution in [2.45, 2.75) is 30.7 Å². The van der Waals surface area contributed by atoms with E-state index < -0.39 is 28.5 Å². The van der Waals surface area contributed by atoms with Crippen LogP contribution in [-0.4, -0.2) is 69.2 Å². The van der Waals surface area contributed by atoms with Gasteiger partial charge in [0.05, 0.1) is 11.5 Å². The summed E-state index contributed by atoms with van der Waals surface area (Å²) in [4.78, 5) is 23.3. The number of methoxy groups -OCH3 is 1. The summed E-state index contributed by atoms with van der Waals surface area (Å²) >= 11 is 0. The van der Waals surface area contributed by atoms with Crippen molar-refractivity contribution >= 4 is 21.9 Å². The van der Waals surface area contributed by atoms with Crippen LogP contribution in [0.5, 0.6) is 5.75 Å². The fourth-order valence-corrected chi connectivity index (χ4v) is 4.34. The number of hydrogen-bond donors (Lipinski definition) is 2. The van der Waals surface area contributed by atoms with Gasteiger partial charge in [0.25, 0.3) is 5.91 Å². The number of carboxylic acid groups (broad SMARTS) is 1. The van der Waals surface area contributed by atoms with E-state index in [0.717, 1.165) is 18.9 Å². The first-order valence-electron chi connectivity index (χ1n) is 8.54. The van der Waals surface area contributed by atoms with Gasteiger partial charge in [-0.25, -0.2) is 13.2 Å². The molecule has 0 unspecified atom stereocenters. The molecule has 1 atom stereocenters. The van der Waals surface area contributed by atoms with Gasteiger partial charge in [-0.1, -0.05) is 0 Å². The first-order chi connectivity index (χ1) is 12.8. The Labute approximate surface area is 158 Å². The molecular formula is C17H24N2O7S. The number of rotatable bonds is 9. The van der Waals surface area contributed by atoms with E-state index in [2.05, 4.69) is 5.32 Å². The Bertz CT molecular complexity index is 788. The second-order valence-corrected chi connectivity index (χ2v) is 8.22. The zero-order valence-corrected chi connectivity index (χ0v) is 16.1. The van der Waals surface area contributed by atoms with Crippen LogP contribution in [0.1, 0.15) is 30.1 Å². The van der Waals surface area contributed by atoms with Crippen LogP contribution in [0.3, 0.4) is 0 Å². The number of carbonyl (C=O) groups is 2. The highest BCUT2D eigenvalue weighted by Gasteiger charge is 2.28. The van der Waals surface area contributed by atoms with Crippen molar-refractivity contribution in [1.82, 2.24) is 9.62 Å². The van der Waals surface area contributed by atoms with Crippen molar-refractivity contribution in [3.8, 4) is 5.75 Å². The lowest BCUT2D eigenvalue weighted by molar-refractivity contribution is -0.124. The summed E-state index contributed by atoms with van der Waals surface area (Å²) in [5.41, 5.74) is -0.312. The van der Waals surface area contributed by atoms with Gasteiger partial charge in [-0.05, 0) is 38.0 Å². The lowest BCUT2D eigenvalue weighted by Gasteiger charge is -2.17. The van der Waals surface area contributed by atoms with Crippen LogP contribution < -0.4 is 10.1 Å². The molecule has 1 saturated heterocycles. The zero-order chi connectivity index (χ0) is 20.0. The average molecular weight is 400 g/mol. The molecule has 0 saturated carbocycles. The summed E-state index contributed by atoms with van der Waals surface area (Å²) in [6, 6.07) is 3.40. The van der Waals surface area contributed by atoms with E-state index in [1.165, 1.54) is 23.5 Å². The first-order valence-corrected chi connectivity index (χ1v) is 9.98. The Morgan fingerprint density at radius 3 is 2.56 bits per heavy atom. The van der Waals surface area contributed by atoms with Crippen LogP contribution in [0.15, 0.2) is 23.1 Å². The predicted molar refractivity (Wildman–Crippen MR) is 96.4 cm³/mol. The molecule has 1 amide bonds. The number of carboxylic acids is 1. The molecule has 0 aliphatic carbocycles. The number of aromatic carboxylic acids is 1. The predicted octanol–water partition coefficient (Wildman–Crippen LogP) is 0.699. The van der Waals surface area contributed by atoms with E-state index in [-0.39, 0.29) is 22.3 Å². The van der Waals surface area contributed by atoms with Gasteiger partial charge in [0.1, 0.15) is 11.3 Å². The number of amides is 1. The highest BCUT2D eigenvalue weighted by atomic mass is 32.2. The summed E-state index contributed by atoms with van der Waals surface area (Å²) in [6.45, 7) is 2.52. The van der Waals surface area contributed by atoms with Crippen molar-refractivity contribution in [3.63, 3.8) is 0 Å². The van der Waals surface area contributed by atoms with Gasteiger partial charge < -0.3 is 19.9 Å². The number of carbonyl (C=O) groups excluding carboxylic acids is 1. The second kappa shape index (κ2) is 9.16. The lowest BCUT2D eigenvalue weighted by Crippen LogP contribution is -2.38. The van der Waals surface area contributed by atoms with E-state index in [4.69, 9.17) is 9.47 Å². The summed E-state index contributed by atoms with van der Waals surface area (Å²) in [6.07, 6.45) is 1.56. The number of nitrogens with one attached hydrogen (secondary N) is 1. The summed E-state index contributed by atoms with van der Waals surface area (Å²) < 4.78 is 36.7. The van der Waals surface area contributed by atoms with Gasteiger partial charge in [0.2, 0.25) is 10.0 Å². The van der Waals surface area contributed by atoms with Gasteiger partial charge in [-0.15, -0.1) is 0 Å². The molecule has 10 heteroatoms. The van der Waals surface area contributed by atoms with Gasteiger partial charge in [0, 0.05) is 26.2 Å². The monoisotopic (exact) mass is 400 g/mol. The zero-order valence-electron chi connectivity index (χ0n) is 15.3. The van der Waals surface area contributed by atoms with E-state index in [0.29, 0.717) is 19.7 Å². The number of ether oxygens (including phenoxy) is 2. The van der Waals surface area contributed by atoms with Crippen molar-refractivity contribution in [2.75, 3.05) is 33.4 Å². The maximum absolute atomic E-state index is 12.6. The number of sulfonamides is 1. The molecule has 150 valence electrons. The van der Waals surface area contributed by atoms with E-state index in [9.17, 15) is 23.1 Å². The lowest BCUT2D eigenvalue weighted by atomic mass is 10.2. The highest BCUT2D eigenvalue weighted by molar-refractivity contribution is 7.89. The second-order valence-electron chi connectivity index (χ2n) is 6.29. The summed E-state index contributed by atoms with van der Waals surface area (Å²) in [5, 5.41) is 12.0. The molecule has 0 aromatic heterocycles. The Morgan fingerprint density at radius 1 is 1.30 bits per heavy atom. The smallest absolute Gasteiger partial charge is 0.339 e. The third-order valence-corrected chi connectivity index (χ3v) is 5.96. The van der Waals surface area contributed by atoms with Gasteiger partial charge in [-0.3, -0.25) is 4.79 Å². The molecule has 0 bridgehead atoms. The highest BCUT2D eigenvalue weighted by Crippen LogP contribution is 2.26. The molecule has 1 aliphatic heterocycles. The van der Waals surface area contributed by atoms with E-state index in [1.807, 2.05) is 0 Å². The largest absolute Gasteiger partial charge is 0.483 e. The van der Waals surface area contributed by atoms with Crippen LogP contribution in [0.25, 0.3) is 0 Å². The molecule has 0 spiro atoms. The SMILES string of the molecule is COC[C@H](C)NC(=O)COc1ccc(S(=O)(=O)N2CCCC2)cc1C(=O)O. The molecule has 1 aliphatic rings. The number of benzene rings is 1. The van der Waals surface area contributed by atoms with E-state index >= 15 is 0 Å². The molecule has 9 nitrogen and oxygen atoms in total. The van der Waals surface area contributed by atoms with Crippen LogP contribution in [0, 0.1) is 0 Å². The molecule has 1 heterocycles. The summed E-state index contributed by atoms with van der Waals surface area (Å²) in [7, 11) is -2.23. The van der Waals surface area contributed by atoms with E-state index in [1.54, 1.807) is 6.92 Å². The molecule has 1 fully saturated rings. The van der Waals surface area contributed by atoms with Crippen LogP contribution in [-0.2, 0) is 19.6 Å². The van der Waals surface area contributed by atoms with Crippen LogP contribution in [0.4, 0.5) is 0 Å². The van der Waals surface area contributed by atoms with Crippen LogP contribution in [0.2, 0.25) is 0 Å². The van der Waals surface area contributed by atoms with Crippen molar-refractivity contribution < 1.29 is 32.6 Å². The third kappa shape index (κ3) is 5.41. The Kier molecular flexibility index (Phi) is 7.17. The minimum Gasteiger partial charge on any atom is -0.483 e. The molecule has 2 N–H and O–H groups in total. The minimum atomic E-state index is -3.74.